The Hall–Kier alpha value is -3.10. The molecule has 0 fully saturated rings. The number of carbonyl (C=O) groups excluding carboxylic acids is 1. The Morgan fingerprint density at radius 2 is 2.09 bits per heavy atom. The molecule has 1 N–H and O–H groups in total. The van der Waals surface area contributed by atoms with Crippen molar-refractivity contribution in [3.8, 4) is 11.3 Å². The lowest BCUT2D eigenvalue weighted by atomic mass is 10.1. The van der Waals surface area contributed by atoms with Gasteiger partial charge in [0.2, 0.25) is 5.91 Å². The van der Waals surface area contributed by atoms with Gasteiger partial charge in [0, 0.05) is 36.2 Å². The number of nitrogens with one attached hydrogen (secondary N) is 1. The van der Waals surface area contributed by atoms with Crippen LogP contribution in [0.5, 0.6) is 0 Å². The van der Waals surface area contributed by atoms with Crippen LogP contribution in [0.4, 0.5) is 0 Å². The maximum Gasteiger partial charge on any atom is 0.263 e. The Labute approximate surface area is 194 Å². The maximum absolute atomic E-state index is 13.2. The normalized spacial score (nSPS) is 11.0. The average molecular weight is 466 g/mol. The van der Waals surface area contributed by atoms with Crippen molar-refractivity contribution < 1.29 is 9.21 Å². The summed E-state index contributed by atoms with van der Waals surface area (Å²) in [6.07, 6.45) is 4.41. The molecule has 8 heteroatoms. The van der Waals surface area contributed by atoms with Crippen molar-refractivity contribution in [3.63, 3.8) is 0 Å². The fourth-order valence-electron chi connectivity index (χ4n) is 3.33. The number of allylic oxidation sites excluding steroid dienone is 1. The van der Waals surface area contributed by atoms with E-state index in [1.165, 1.54) is 28.7 Å². The minimum Gasteiger partial charge on any atom is -0.464 e. The van der Waals surface area contributed by atoms with Gasteiger partial charge in [0.05, 0.1) is 11.6 Å². The zero-order valence-electron chi connectivity index (χ0n) is 17.5. The predicted octanol–water partition coefficient (Wildman–Crippen LogP) is 4.75. The number of amides is 1. The van der Waals surface area contributed by atoms with E-state index in [0.29, 0.717) is 46.4 Å². The first-order valence-electron chi connectivity index (χ1n) is 10.3. The van der Waals surface area contributed by atoms with Gasteiger partial charge < -0.3 is 9.73 Å². The van der Waals surface area contributed by atoms with E-state index in [1.807, 2.05) is 41.8 Å². The van der Waals surface area contributed by atoms with Gasteiger partial charge in [-0.15, -0.1) is 17.9 Å². The number of carbonyl (C=O) groups is 1. The monoisotopic (exact) mass is 465 g/mol. The van der Waals surface area contributed by atoms with Crippen molar-refractivity contribution in [2.45, 2.75) is 24.5 Å². The first-order valence-corrected chi connectivity index (χ1v) is 12.1. The molecule has 164 valence electrons. The van der Waals surface area contributed by atoms with Gasteiger partial charge in [0.15, 0.2) is 5.16 Å². The summed E-state index contributed by atoms with van der Waals surface area (Å²) >= 11 is 2.82. The molecule has 4 aromatic rings. The molecule has 4 rings (SSSR count). The zero-order chi connectivity index (χ0) is 22.3. The number of thioether (sulfide) groups is 1. The molecule has 1 amide bonds. The van der Waals surface area contributed by atoms with Crippen molar-refractivity contribution in [3.05, 3.63) is 82.7 Å². The highest BCUT2D eigenvalue weighted by Gasteiger charge is 2.18. The molecule has 0 aliphatic rings. The lowest BCUT2D eigenvalue weighted by molar-refractivity contribution is -0.120. The summed E-state index contributed by atoms with van der Waals surface area (Å²) in [6, 6.07) is 13.7. The third-order valence-corrected chi connectivity index (χ3v) is 6.75. The molecular weight excluding hydrogens is 442 g/mol. The number of furan rings is 1. The number of fused-ring (bicyclic) bond motifs is 1. The van der Waals surface area contributed by atoms with Gasteiger partial charge >= 0.3 is 0 Å². The summed E-state index contributed by atoms with van der Waals surface area (Å²) in [6.45, 7) is 4.72. The van der Waals surface area contributed by atoms with Crippen molar-refractivity contribution in [1.82, 2.24) is 14.9 Å². The molecule has 3 aromatic heterocycles. The van der Waals surface area contributed by atoms with Crippen molar-refractivity contribution in [2.75, 3.05) is 12.3 Å². The number of thiophene rings is 1. The molecule has 32 heavy (non-hydrogen) atoms. The Balaban J connectivity index is 1.42. The van der Waals surface area contributed by atoms with Gasteiger partial charge in [0.25, 0.3) is 5.56 Å². The second kappa shape index (κ2) is 10.5. The van der Waals surface area contributed by atoms with E-state index in [-0.39, 0.29) is 11.5 Å². The summed E-state index contributed by atoms with van der Waals surface area (Å²) in [5, 5.41) is 5.99. The van der Waals surface area contributed by atoms with Crippen LogP contribution >= 0.6 is 23.1 Å². The van der Waals surface area contributed by atoms with Gasteiger partial charge in [-0.25, -0.2) is 4.98 Å². The highest BCUT2D eigenvalue weighted by molar-refractivity contribution is 7.99. The van der Waals surface area contributed by atoms with Crippen LogP contribution in [-0.2, 0) is 17.8 Å². The maximum atomic E-state index is 13.2. The van der Waals surface area contributed by atoms with E-state index in [2.05, 4.69) is 11.9 Å². The zero-order valence-corrected chi connectivity index (χ0v) is 19.1. The molecule has 0 radical (unpaired) electrons. The second-order valence-electron chi connectivity index (χ2n) is 7.09. The smallest absolute Gasteiger partial charge is 0.263 e. The molecule has 1 aromatic carbocycles. The van der Waals surface area contributed by atoms with Gasteiger partial charge in [-0.05, 0) is 24.1 Å². The quantitative estimate of drug-likeness (QED) is 0.208. The number of rotatable bonds is 10. The van der Waals surface area contributed by atoms with E-state index in [9.17, 15) is 9.59 Å². The molecule has 3 heterocycles. The standard InChI is InChI=1S/C24H23N3O3S2/c1-2-13-27-23(29)21-18(19-9-6-14-30-19)16-32-22(21)26-24(27)31-15-11-20(28)25-12-10-17-7-4-3-5-8-17/h2-9,14,16H,1,10-13,15H2,(H,25,28). The van der Waals surface area contributed by atoms with Gasteiger partial charge in [-0.2, -0.15) is 0 Å². The molecule has 0 saturated carbocycles. The summed E-state index contributed by atoms with van der Waals surface area (Å²) in [7, 11) is 0. The molecule has 0 aliphatic heterocycles. The fraction of sp³-hybridized carbons (Fsp3) is 0.208. The van der Waals surface area contributed by atoms with E-state index in [4.69, 9.17) is 9.40 Å². The van der Waals surface area contributed by atoms with Crippen LogP contribution in [0.15, 0.2) is 81.1 Å². The molecule has 0 saturated heterocycles. The number of hydrogen-bond acceptors (Lipinski definition) is 6. The molecule has 0 bridgehead atoms. The van der Waals surface area contributed by atoms with Crippen LogP contribution in [-0.4, -0.2) is 27.8 Å². The number of hydrogen-bond donors (Lipinski definition) is 1. The number of benzene rings is 1. The van der Waals surface area contributed by atoms with E-state index in [1.54, 1.807) is 23.0 Å². The summed E-state index contributed by atoms with van der Waals surface area (Å²) in [5.74, 6) is 1.17. The van der Waals surface area contributed by atoms with Crippen LogP contribution in [0.25, 0.3) is 21.5 Å². The van der Waals surface area contributed by atoms with Crippen molar-refractivity contribution in [1.29, 1.82) is 0 Å². The van der Waals surface area contributed by atoms with Crippen molar-refractivity contribution in [2.24, 2.45) is 0 Å². The van der Waals surface area contributed by atoms with E-state index < -0.39 is 0 Å². The van der Waals surface area contributed by atoms with Gasteiger partial charge in [-0.3, -0.25) is 14.2 Å². The molecule has 0 atom stereocenters. The van der Waals surface area contributed by atoms with Gasteiger partial charge in [-0.1, -0.05) is 48.2 Å². The first-order chi connectivity index (χ1) is 15.7. The van der Waals surface area contributed by atoms with Crippen LogP contribution < -0.4 is 10.9 Å². The van der Waals surface area contributed by atoms with E-state index >= 15 is 0 Å². The SMILES string of the molecule is C=CCn1c(SCCC(=O)NCCc2ccccc2)nc2scc(-c3ccco3)c2c1=O. The van der Waals surface area contributed by atoms with Gasteiger partial charge in [0.1, 0.15) is 10.6 Å². The third-order valence-electron chi connectivity index (χ3n) is 4.90. The first kappa shape index (κ1) is 22.1. The minimum absolute atomic E-state index is 0.0108. The second-order valence-corrected chi connectivity index (χ2v) is 9.01. The molecule has 0 unspecified atom stereocenters. The summed E-state index contributed by atoms with van der Waals surface area (Å²) in [4.78, 5) is 30.8. The van der Waals surface area contributed by atoms with Crippen LogP contribution in [0.1, 0.15) is 12.0 Å². The average Bonchev–Trinajstić information content (AvgIpc) is 3.47. The molecule has 0 aliphatic carbocycles. The predicted molar refractivity (Wildman–Crippen MR) is 130 cm³/mol. The van der Waals surface area contributed by atoms with Crippen LogP contribution in [0, 0.1) is 0 Å². The molecular formula is C24H23N3O3S2. The molecule has 6 nitrogen and oxygen atoms in total. The Bertz CT molecular complexity index is 1260. The lowest BCUT2D eigenvalue weighted by Crippen LogP contribution is -2.26. The third kappa shape index (κ3) is 5.03. The van der Waals surface area contributed by atoms with Crippen molar-refractivity contribution >= 4 is 39.2 Å². The van der Waals surface area contributed by atoms with E-state index in [0.717, 1.165) is 12.0 Å². The highest BCUT2D eigenvalue weighted by atomic mass is 32.2. The molecule has 0 spiro atoms. The number of nitrogens with zero attached hydrogens (tertiary/aromatic N) is 2. The largest absolute Gasteiger partial charge is 0.464 e. The Kier molecular flexibility index (Phi) is 7.24. The minimum atomic E-state index is -0.127. The van der Waals surface area contributed by atoms with Crippen LogP contribution in [0.2, 0.25) is 0 Å². The topological polar surface area (TPSA) is 77.1 Å². The summed E-state index contributed by atoms with van der Waals surface area (Å²) < 4.78 is 7.09. The Morgan fingerprint density at radius 3 is 2.84 bits per heavy atom. The van der Waals surface area contributed by atoms with Crippen LogP contribution in [0.3, 0.4) is 0 Å². The number of aromatic nitrogens is 2. The fourth-order valence-corrected chi connectivity index (χ4v) is 5.25. The lowest BCUT2D eigenvalue weighted by Gasteiger charge is -2.10. The highest BCUT2D eigenvalue weighted by Crippen LogP contribution is 2.32. The Morgan fingerprint density at radius 1 is 1.25 bits per heavy atom. The summed E-state index contributed by atoms with van der Waals surface area (Å²) in [5.41, 5.74) is 1.81.